The average molecular weight is 171 g/mol. The molecule has 1 rings (SSSR count). The summed E-state index contributed by atoms with van der Waals surface area (Å²) < 4.78 is 0.838. The molecule has 0 aliphatic rings. The Morgan fingerprint density at radius 1 is 1.50 bits per heavy atom. The van der Waals surface area contributed by atoms with Gasteiger partial charge in [0.15, 0.2) is 0 Å². The number of aromatic nitrogens is 1. The van der Waals surface area contributed by atoms with Crippen molar-refractivity contribution in [3.63, 3.8) is 0 Å². The fourth-order valence-corrected chi connectivity index (χ4v) is 0.831. The fourth-order valence-electron chi connectivity index (χ4n) is 0.450. The van der Waals surface area contributed by atoms with E-state index in [4.69, 9.17) is 0 Å². The van der Waals surface area contributed by atoms with Crippen LogP contribution in [0.5, 0.6) is 0 Å². The van der Waals surface area contributed by atoms with E-state index in [9.17, 15) is 0 Å². The third-order valence-electron chi connectivity index (χ3n) is 0.773. The molecule has 0 saturated heterocycles. The third kappa shape index (κ3) is 1.30. The molecule has 1 aromatic heterocycles. The quantitative estimate of drug-likeness (QED) is 0.544. The summed E-state index contributed by atoms with van der Waals surface area (Å²) in [5, 5.41) is 0. The van der Waals surface area contributed by atoms with Crippen molar-refractivity contribution in [2.24, 2.45) is 0 Å². The Balaban J connectivity index is 3.08. The summed E-state index contributed by atoms with van der Waals surface area (Å²) in [5.41, 5.74) is 0.791. The van der Waals surface area contributed by atoms with Crippen LogP contribution in [0.4, 0.5) is 0 Å². The molecule has 1 nitrogen and oxygen atoms in total. The van der Waals surface area contributed by atoms with Gasteiger partial charge in [-0.15, -0.1) is 0 Å². The van der Waals surface area contributed by atoms with Crippen LogP contribution >= 0.6 is 15.9 Å². The van der Waals surface area contributed by atoms with Crippen LogP contribution in [-0.4, -0.2) is 4.98 Å². The molecular formula is C6H5BrN. The van der Waals surface area contributed by atoms with Gasteiger partial charge in [0.2, 0.25) is 0 Å². The predicted molar refractivity (Wildman–Crippen MR) is 36.4 cm³/mol. The van der Waals surface area contributed by atoms with Gasteiger partial charge in [-0.2, -0.15) is 0 Å². The number of hydrogen-bond donors (Lipinski definition) is 0. The SMILES string of the molecule is [CH2]c1cccc(Br)n1. The third-order valence-corrected chi connectivity index (χ3v) is 1.21. The number of pyridine rings is 1. The smallest absolute Gasteiger partial charge is 0.106 e. The van der Waals surface area contributed by atoms with Crippen LogP contribution in [0.25, 0.3) is 0 Å². The maximum atomic E-state index is 3.98. The minimum absolute atomic E-state index is 0.791. The van der Waals surface area contributed by atoms with E-state index in [1.165, 1.54) is 0 Å². The van der Waals surface area contributed by atoms with Crippen molar-refractivity contribution in [1.82, 2.24) is 4.98 Å². The minimum Gasteiger partial charge on any atom is -0.246 e. The highest BCUT2D eigenvalue weighted by Crippen LogP contribution is 2.04. The van der Waals surface area contributed by atoms with Gasteiger partial charge in [-0.3, -0.25) is 0 Å². The lowest BCUT2D eigenvalue weighted by Crippen LogP contribution is -1.77. The Kier molecular flexibility index (Phi) is 1.63. The lowest BCUT2D eigenvalue weighted by Gasteiger charge is -1.88. The van der Waals surface area contributed by atoms with E-state index in [1.807, 2.05) is 18.2 Å². The van der Waals surface area contributed by atoms with E-state index in [1.54, 1.807) is 0 Å². The van der Waals surface area contributed by atoms with Gasteiger partial charge in [-0.05, 0) is 35.0 Å². The maximum Gasteiger partial charge on any atom is 0.106 e. The van der Waals surface area contributed by atoms with Crippen LogP contribution in [0, 0.1) is 6.92 Å². The molecule has 1 aromatic rings. The first-order valence-corrected chi connectivity index (χ1v) is 3.03. The molecule has 1 radical (unpaired) electrons. The molecule has 0 aliphatic carbocycles. The van der Waals surface area contributed by atoms with Gasteiger partial charge in [0.05, 0.1) is 0 Å². The van der Waals surface area contributed by atoms with E-state index in [0.717, 1.165) is 10.3 Å². The molecule has 0 aromatic carbocycles. The van der Waals surface area contributed by atoms with Crippen molar-refractivity contribution in [3.8, 4) is 0 Å². The Morgan fingerprint density at radius 2 is 2.25 bits per heavy atom. The van der Waals surface area contributed by atoms with Crippen molar-refractivity contribution in [3.05, 3.63) is 35.4 Å². The Labute approximate surface area is 56.9 Å². The molecule has 0 spiro atoms. The second-order valence-corrected chi connectivity index (χ2v) is 2.26. The maximum absolute atomic E-state index is 3.98. The van der Waals surface area contributed by atoms with Crippen LogP contribution in [0.3, 0.4) is 0 Å². The number of rotatable bonds is 0. The Morgan fingerprint density at radius 3 is 2.62 bits per heavy atom. The molecule has 0 bridgehead atoms. The molecule has 0 amide bonds. The van der Waals surface area contributed by atoms with Crippen molar-refractivity contribution in [1.29, 1.82) is 0 Å². The molecule has 0 atom stereocenters. The summed E-state index contributed by atoms with van der Waals surface area (Å²) in [5.74, 6) is 0. The minimum atomic E-state index is 0.791. The van der Waals surface area contributed by atoms with Gasteiger partial charge in [-0.25, -0.2) is 4.98 Å². The lowest BCUT2D eigenvalue weighted by atomic mass is 10.4. The number of hydrogen-bond acceptors (Lipinski definition) is 1. The molecule has 0 fully saturated rings. The second kappa shape index (κ2) is 2.27. The van der Waals surface area contributed by atoms with E-state index in [-0.39, 0.29) is 0 Å². The number of nitrogens with zero attached hydrogens (tertiary/aromatic N) is 1. The van der Waals surface area contributed by atoms with E-state index < -0.39 is 0 Å². The molecule has 0 unspecified atom stereocenters. The average Bonchev–Trinajstić information content (AvgIpc) is 1.64. The summed E-state index contributed by atoms with van der Waals surface area (Å²) in [4.78, 5) is 3.98. The van der Waals surface area contributed by atoms with Crippen molar-refractivity contribution >= 4 is 15.9 Å². The van der Waals surface area contributed by atoms with Gasteiger partial charge in [0.25, 0.3) is 0 Å². The predicted octanol–water partition coefficient (Wildman–Crippen LogP) is 2.03. The monoisotopic (exact) mass is 170 g/mol. The van der Waals surface area contributed by atoms with Crippen molar-refractivity contribution in [2.45, 2.75) is 0 Å². The van der Waals surface area contributed by atoms with E-state index >= 15 is 0 Å². The highest BCUT2D eigenvalue weighted by Gasteiger charge is 1.84. The molecule has 8 heavy (non-hydrogen) atoms. The first-order chi connectivity index (χ1) is 3.79. The lowest BCUT2D eigenvalue weighted by molar-refractivity contribution is 1.22. The molecular weight excluding hydrogens is 166 g/mol. The zero-order chi connectivity index (χ0) is 5.98. The fraction of sp³-hybridized carbons (Fsp3) is 0. The van der Waals surface area contributed by atoms with Gasteiger partial charge < -0.3 is 0 Å². The normalized spacial score (nSPS) is 9.25. The van der Waals surface area contributed by atoms with Crippen molar-refractivity contribution < 1.29 is 0 Å². The standard InChI is InChI=1S/C6H5BrN/c1-5-3-2-4-6(7)8-5/h2-4H,1H2. The number of halogens is 1. The van der Waals surface area contributed by atoms with E-state index in [0.29, 0.717) is 0 Å². The largest absolute Gasteiger partial charge is 0.246 e. The molecule has 1 heterocycles. The summed E-state index contributed by atoms with van der Waals surface area (Å²) in [6, 6.07) is 5.62. The van der Waals surface area contributed by atoms with Crippen LogP contribution in [-0.2, 0) is 0 Å². The van der Waals surface area contributed by atoms with Crippen LogP contribution in [0.15, 0.2) is 22.8 Å². The van der Waals surface area contributed by atoms with Crippen LogP contribution < -0.4 is 0 Å². The Hall–Kier alpha value is -0.370. The Bertz CT molecular complexity index is 168. The summed E-state index contributed by atoms with van der Waals surface area (Å²) in [7, 11) is 0. The van der Waals surface area contributed by atoms with Gasteiger partial charge in [-0.1, -0.05) is 6.07 Å². The second-order valence-electron chi connectivity index (χ2n) is 1.45. The van der Waals surface area contributed by atoms with Crippen LogP contribution in [0.1, 0.15) is 5.69 Å². The molecule has 0 N–H and O–H groups in total. The molecule has 0 aliphatic heterocycles. The van der Waals surface area contributed by atoms with E-state index in [2.05, 4.69) is 27.8 Å². The first-order valence-electron chi connectivity index (χ1n) is 2.23. The molecule has 41 valence electrons. The summed E-state index contributed by atoms with van der Waals surface area (Å²) >= 11 is 3.21. The zero-order valence-electron chi connectivity index (χ0n) is 4.26. The molecule has 2 heteroatoms. The summed E-state index contributed by atoms with van der Waals surface area (Å²) in [6.45, 7) is 3.64. The molecule has 0 saturated carbocycles. The highest BCUT2D eigenvalue weighted by atomic mass is 79.9. The van der Waals surface area contributed by atoms with Crippen LogP contribution in [0.2, 0.25) is 0 Å². The van der Waals surface area contributed by atoms with Gasteiger partial charge >= 0.3 is 0 Å². The topological polar surface area (TPSA) is 12.9 Å². The summed E-state index contributed by atoms with van der Waals surface area (Å²) in [6.07, 6.45) is 0. The highest BCUT2D eigenvalue weighted by molar-refractivity contribution is 9.10. The zero-order valence-corrected chi connectivity index (χ0v) is 5.85. The van der Waals surface area contributed by atoms with Gasteiger partial charge in [0.1, 0.15) is 4.60 Å². The van der Waals surface area contributed by atoms with Gasteiger partial charge in [0, 0.05) is 5.69 Å². The van der Waals surface area contributed by atoms with Crippen molar-refractivity contribution in [2.75, 3.05) is 0 Å². The first kappa shape index (κ1) is 5.76.